The first-order valence-corrected chi connectivity index (χ1v) is 7.54. The average molecular weight is 294 g/mol. The SMILES string of the molecule is Cc1cccc(-n2ncc3c(N4CCNCC4)ncnc32)c1. The van der Waals surface area contributed by atoms with E-state index in [0.29, 0.717) is 0 Å². The third-order valence-electron chi connectivity index (χ3n) is 4.01. The van der Waals surface area contributed by atoms with Gasteiger partial charge in [-0.3, -0.25) is 0 Å². The lowest BCUT2D eigenvalue weighted by Crippen LogP contribution is -2.44. The van der Waals surface area contributed by atoms with Gasteiger partial charge in [-0.25, -0.2) is 14.6 Å². The third-order valence-corrected chi connectivity index (χ3v) is 4.01. The second kappa shape index (κ2) is 5.38. The van der Waals surface area contributed by atoms with Gasteiger partial charge in [0.2, 0.25) is 0 Å². The van der Waals surface area contributed by atoms with Crippen molar-refractivity contribution in [3.05, 3.63) is 42.4 Å². The molecule has 3 aromatic rings. The number of hydrogen-bond acceptors (Lipinski definition) is 5. The Morgan fingerprint density at radius 1 is 1.14 bits per heavy atom. The van der Waals surface area contributed by atoms with Crippen LogP contribution in [0.3, 0.4) is 0 Å². The van der Waals surface area contributed by atoms with Gasteiger partial charge in [-0.05, 0) is 24.6 Å². The highest BCUT2D eigenvalue weighted by atomic mass is 15.3. The largest absolute Gasteiger partial charge is 0.353 e. The standard InChI is InChI=1S/C16H18N6/c1-12-3-2-4-13(9-12)22-16-14(10-20-22)15(18-11-19-16)21-7-5-17-6-8-21/h2-4,9-11,17H,5-8H2,1H3. The lowest BCUT2D eigenvalue weighted by molar-refractivity contribution is 0.586. The molecule has 1 fully saturated rings. The maximum Gasteiger partial charge on any atom is 0.168 e. The van der Waals surface area contributed by atoms with E-state index in [1.807, 2.05) is 23.0 Å². The van der Waals surface area contributed by atoms with Crippen LogP contribution in [-0.4, -0.2) is 45.9 Å². The Hall–Kier alpha value is -2.47. The molecule has 1 aliphatic heterocycles. The summed E-state index contributed by atoms with van der Waals surface area (Å²) in [5, 5.41) is 8.90. The minimum absolute atomic E-state index is 0.856. The van der Waals surface area contributed by atoms with Crippen LogP contribution in [0.5, 0.6) is 0 Å². The molecule has 0 spiro atoms. The number of nitrogens with one attached hydrogen (secondary N) is 1. The Balaban J connectivity index is 1.83. The highest BCUT2D eigenvalue weighted by Gasteiger charge is 2.17. The summed E-state index contributed by atoms with van der Waals surface area (Å²) in [5.41, 5.74) is 3.09. The van der Waals surface area contributed by atoms with E-state index in [4.69, 9.17) is 0 Å². The van der Waals surface area contributed by atoms with Crippen molar-refractivity contribution in [2.75, 3.05) is 31.1 Å². The second-order valence-corrected chi connectivity index (χ2v) is 5.57. The molecule has 6 nitrogen and oxygen atoms in total. The Morgan fingerprint density at radius 3 is 2.82 bits per heavy atom. The number of rotatable bonds is 2. The van der Waals surface area contributed by atoms with Gasteiger partial charge >= 0.3 is 0 Å². The Morgan fingerprint density at radius 2 is 2.00 bits per heavy atom. The smallest absolute Gasteiger partial charge is 0.168 e. The van der Waals surface area contributed by atoms with E-state index in [0.717, 1.165) is 48.7 Å². The molecule has 1 saturated heterocycles. The molecule has 2 aromatic heterocycles. The number of nitrogens with zero attached hydrogens (tertiary/aromatic N) is 5. The third kappa shape index (κ3) is 2.21. The van der Waals surface area contributed by atoms with E-state index in [9.17, 15) is 0 Å². The molecule has 22 heavy (non-hydrogen) atoms. The highest BCUT2D eigenvalue weighted by Crippen LogP contribution is 2.24. The summed E-state index contributed by atoms with van der Waals surface area (Å²) in [5.74, 6) is 0.977. The van der Waals surface area contributed by atoms with E-state index in [1.54, 1.807) is 6.33 Å². The molecule has 6 heteroatoms. The number of aryl methyl sites for hydroxylation is 1. The van der Waals surface area contributed by atoms with E-state index in [-0.39, 0.29) is 0 Å². The van der Waals surface area contributed by atoms with Crippen LogP contribution in [-0.2, 0) is 0 Å². The number of fused-ring (bicyclic) bond motifs is 1. The summed E-state index contributed by atoms with van der Waals surface area (Å²) in [4.78, 5) is 11.2. The fourth-order valence-corrected chi connectivity index (χ4v) is 2.91. The van der Waals surface area contributed by atoms with Gasteiger partial charge in [0.25, 0.3) is 0 Å². The van der Waals surface area contributed by atoms with Crippen LogP contribution in [0.25, 0.3) is 16.7 Å². The molecule has 1 aliphatic rings. The molecule has 0 radical (unpaired) electrons. The normalized spacial score (nSPS) is 15.4. The van der Waals surface area contributed by atoms with Gasteiger partial charge in [0.1, 0.15) is 12.1 Å². The quantitative estimate of drug-likeness (QED) is 0.777. The second-order valence-electron chi connectivity index (χ2n) is 5.57. The Kier molecular flexibility index (Phi) is 3.23. The highest BCUT2D eigenvalue weighted by molar-refractivity contribution is 5.87. The first-order chi connectivity index (χ1) is 10.8. The maximum absolute atomic E-state index is 4.53. The van der Waals surface area contributed by atoms with Crippen molar-refractivity contribution in [2.24, 2.45) is 0 Å². The molecular weight excluding hydrogens is 276 g/mol. The van der Waals surface area contributed by atoms with Crippen LogP contribution in [0, 0.1) is 6.92 Å². The van der Waals surface area contributed by atoms with Gasteiger partial charge < -0.3 is 10.2 Å². The van der Waals surface area contributed by atoms with Crippen LogP contribution in [0.2, 0.25) is 0 Å². The van der Waals surface area contributed by atoms with E-state index >= 15 is 0 Å². The topological polar surface area (TPSA) is 58.9 Å². The van der Waals surface area contributed by atoms with Crippen molar-refractivity contribution < 1.29 is 0 Å². The molecule has 112 valence electrons. The Bertz CT molecular complexity index is 803. The number of benzene rings is 1. The number of piperazine rings is 1. The van der Waals surface area contributed by atoms with Gasteiger partial charge in [0.15, 0.2) is 5.65 Å². The zero-order valence-corrected chi connectivity index (χ0v) is 12.5. The van der Waals surface area contributed by atoms with E-state index < -0.39 is 0 Å². The zero-order chi connectivity index (χ0) is 14.9. The van der Waals surface area contributed by atoms with Gasteiger partial charge in [0.05, 0.1) is 17.3 Å². The minimum Gasteiger partial charge on any atom is -0.353 e. The zero-order valence-electron chi connectivity index (χ0n) is 12.5. The molecule has 1 aromatic carbocycles. The summed E-state index contributed by atoms with van der Waals surface area (Å²) in [6, 6.07) is 8.28. The first-order valence-electron chi connectivity index (χ1n) is 7.54. The molecule has 0 unspecified atom stereocenters. The fourth-order valence-electron chi connectivity index (χ4n) is 2.91. The van der Waals surface area contributed by atoms with Crippen LogP contribution >= 0.6 is 0 Å². The summed E-state index contributed by atoms with van der Waals surface area (Å²) in [6.07, 6.45) is 3.50. The predicted octanol–water partition coefficient (Wildman–Crippen LogP) is 1.53. The van der Waals surface area contributed by atoms with E-state index in [1.165, 1.54) is 5.56 Å². The molecular formula is C16H18N6. The van der Waals surface area contributed by atoms with Crippen molar-refractivity contribution in [3.8, 4) is 5.69 Å². The molecule has 0 atom stereocenters. The van der Waals surface area contributed by atoms with Gasteiger partial charge in [-0.2, -0.15) is 5.10 Å². The van der Waals surface area contributed by atoms with Crippen molar-refractivity contribution >= 4 is 16.9 Å². The van der Waals surface area contributed by atoms with E-state index in [2.05, 4.69) is 44.3 Å². The maximum atomic E-state index is 4.53. The molecule has 1 N–H and O–H groups in total. The van der Waals surface area contributed by atoms with Crippen LogP contribution in [0.1, 0.15) is 5.56 Å². The van der Waals surface area contributed by atoms with Crippen molar-refractivity contribution in [2.45, 2.75) is 6.92 Å². The number of hydrogen-bond donors (Lipinski definition) is 1. The monoisotopic (exact) mass is 294 g/mol. The van der Waals surface area contributed by atoms with Crippen LogP contribution in [0.15, 0.2) is 36.8 Å². The van der Waals surface area contributed by atoms with Gasteiger partial charge in [-0.15, -0.1) is 0 Å². The first kappa shape index (κ1) is 13.2. The Labute approximate surface area is 128 Å². The van der Waals surface area contributed by atoms with Crippen molar-refractivity contribution in [1.82, 2.24) is 25.1 Å². The minimum atomic E-state index is 0.856. The summed E-state index contributed by atoms with van der Waals surface area (Å²) < 4.78 is 1.88. The average Bonchev–Trinajstić information content (AvgIpc) is 3.00. The summed E-state index contributed by atoms with van der Waals surface area (Å²) in [7, 11) is 0. The van der Waals surface area contributed by atoms with Crippen molar-refractivity contribution in [1.29, 1.82) is 0 Å². The molecule has 0 aliphatic carbocycles. The molecule has 3 heterocycles. The van der Waals surface area contributed by atoms with Crippen molar-refractivity contribution in [3.63, 3.8) is 0 Å². The predicted molar refractivity (Wildman–Crippen MR) is 86.5 cm³/mol. The van der Waals surface area contributed by atoms with Crippen LogP contribution in [0.4, 0.5) is 5.82 Å². The molecule has 0 amide bonds. The molecule has 0 saturated carbocycles. The van der Waals surface area contributed by atoms with Gasteiger partial charge in [-0.1, -0.05) is 12.1 Å². The lowest BCUT2D eigenvalue weighted by atomic mass is 10.2. The van der Waals surface area contributed by atoms with Gasteiger partial charge in [0, 0.05) is 26.2 Å². The lowest BCUT2D eigenvalue weighted by Gasteiger charge is -2.28. The number of aromatic nitrogens is 4. The molecule has 4 rings (SSSR count). The number of anilines is 1. The fraction of sp³-hybridized carbons (Fsp3) is 0.312. The summed E-state index contributed by atoms with van der Waals surface area (Å²) >= 11 is 0. The summed E-state index contributed by atoms with van der Waals surface area (Å²) in [6.45, 7) is 5.97. The molecule has 0 bridgehead atoms. The van der Waals surface area contributed by atoms with Crippen LogP contribution < -0.4 is 10.2 Å².